The average molecular weight is 344 g/mol. The molecule has 0 aliphatic heterocycles. The van der Waals surface area contributed by atoms with Gasteiger partial charge in [-0.1, -0.05) is 39.7 Å². The number of fused-ring (bicyclic) bond motifs is 1. The van der Waals surface area contributed by atoms with Gasteiger partial charge in [0.25, 0.3) is 0 Å². The lowest BCUT2D eigenvalue weighted by atomic mass is 9.96. The molecule has 1 aromatic heterocycles. The zero-order valence-electron chi connectivity index (χ0n) is 12.4. The molecule has 3 heteroatoms. The first-order chi connectivity index (χ1) is 9.97. The summed E-state index contributed by atoms with van der Waals surface area (Å²) in [6.45, 7) is 6.25. The number of halogens is 1. The smallest absolute Gasteiger partial charge is 0.135 e. The number of rotatable bonds is 2. The van der Waals surface area contributed by atoms with E-state index in [0.717, 1.165) is 32.3 Å². The molecule has 0 bridgehead atoms. The van der Waals surface area contributed by atoms with E-state index in [1.165, 1.54) is 11.1 Å². The number of benzene rings is 2. The van der Waals surface area contributed by atoms with Crippen molar-refractivity contribution in [1.29, 1.82) is 0 Å². The Morgan fingerprint density at radius 2 is 1.81 bits per heavy atom. The summed E-state index contributed by atoms with van der Waals surface area (Å²) in [6, 6.07) is 12.2. The van der Waals surface area contributed by atoms with Crippen LogP contribution in [0, 0.1) is 20.8 Å². The van der Waals surface area contributed by atoms with E-state index in [4.69, 9.17) is 10.2 Å². The molecular formula is C18H18BrNO. The lowest BCUT2D eigenvalue weighted by molar-refractivity contribution is 0.520. The van der Waals surface area contributed by atoms with E-state index >= 15 is 0 Å². The van der Waals surface area contributed by atoms with Crippen LogP contribution in [0.4, 0.5) is 0 Å². The van der Waals surface area contributed by atoms with E-state index in [9.17, 15) is 0 Å². The molecule has 2 N–H and O–H groups in total. The van der Waals surface area contributed by atoms with E-state index in [2.05, 4.69) is 61.0 Å². The van der Waals surface area contributed by atoms with Crippen LogP contribution in [0.3, 0.4) is 0 Å². The van der Waals surface area contributed by atoms with Gasteiger partial charge in [0.2, 0.25) is 0 Å². The highest BCUT2D eigenvalue weighted by atomic mass is 79.9. The summed E-state index contributed by atoms with van der Waals surface area (Å²) < 4.78 is 7.04. The van der Waals surface area contributed by atoms with Crippen LogP contribution >= 0.6 is 15.9 Å². The van der Waals surface area contributed by atoms with Gasteiger partial charge in [-0.2, -0.15) is 0 Å². The van der Waals surface area contributed by atoms with Gasteiger partial charge in [0.1, 0.15) is 11.3 Å². The van der Waals surface area contributed by atoms with Crippen molar-refractivity contribution in [3.63, 3.8) is 0 Å². The van der Waals surface area contributed by atoms with Gasteiger partial charge in [-0.3, -0.25) is 0 Å². The molecule has 2 nitrogen and oxygen atoms in total. The van der Waals surface area contributed by atoms with E-state index in [0.29, 0.717) is 0 Å². The molecular weight excluding hydrogens is 326 g/mol. The molecule has 0 aliphatic rings. The fraction of sp³-hybridized carbons (Fsp3) is 0.222. The van der Waals surface area contributed by atoms with Crippen molar-refractivity contribution >= 4 is 26.9 Å². The van der Waals surface area contributed by atoms with E-state index in [1.54, 1.807) is 0 Å². The molecule has 0 amide bonds. The van der Waals surface area contributed by atoms with Crippen LogP contribution < -0.4 is 5.73 Å². The first-order valence-electron chi connectivity index (χ1n) is 6.98. The second-order valence-electron chi connectivity index (χ2n) is 5.57. The Morgan fingerprint density at radius 1 is 1.05 bits per heavy atom. The van der Waals surface area contributed by atoms with Gasteiger partial charge >= 0.3 is 0 Å². The standard InChI is InChI=1S/C18H18BrNO/c1-10-4-6-14(11(2)8-10)17(20)18-12(3)15-7-5-13(19)9-16(15)21-18/h4-9,17H,20H2,1-3H3. The summed E-state index contributed by atoms with van der Waals surface area (Å²) in [4.78, 5) is 0. The Kier molecular flexibility index (Phi) is 3.64. The third-order valence-electron chi connectivity index (χ3n) is 3.98. The Labute approximate surface area is 133 Å². The van der Waals surface area contributed by atoms with E-state index in [-0.39, 0.29) is 6.04 Å². The second kappa shape index (κ2) is 5.32. The highest BCUT2D eigenvalue weighted by molar-refractivity contribution is 9.10. The number of furan rings is 1. The molecule has 21 heavy (non-hydrogen) atoms. The van der Waals surface area contributed by atoms with Gasteiger partial charge in [0.05, 0.1) is 6.04 Å². The first-order valence-corrected chi connectivity index (χ1v) is 7.78. The summed E-state index contributed by atoms with van der Waals surface area (Å²) in [7, 11) is 0. The summed E-state index contributed by atoms with van der Waals surface area (Å²) in [5.41, 5.74) is 12.0. The molecule has 2 aromatic carbocycles. The van der Waals surface area contributed by atoms with Crippen LogP contribution in [0.1, 0.15) is 34.1 Å². The van der Waals surface area contributed by atoms with Gasteiger partial charge in [0.15, 0.2) is 0 Å². The maximum absolute atomic E-state index is 6.46. The molecule has 108 valence electrons. The molecule has 3 aromatic rings. The molecule has 0 spiro atoms. The predicted molar refractivity (Wildman–Crippen MR) is 90.6 cm³/mol. The van der Waals surface area contributed by atoms with Crippen LogP contribution in [0.15, 0.2) is 45.3 Å². The predicted octanol–water partition coefficient (Wildman–Crippen LogP) is 5.17. The second-order valence-corrected chi connectivity index (χ2v) is 6.49. The topological polar surface area (TPSA) is 39.2 Å². The molecule has 1 atom stereocenters. The molecule has 1 heterocycles. The maximum Gasteiger partial charge on any atom is 0.135 e. The highest BCUT2D eigenvalue weighted by Gasteiger charge is 2.20. The Morgan fingerprint density at radius 3 is 2.52 bits per heavy atom. The number of aryl methyl sites for hydroxylation is 3. The lowest BCUT2D eigenvalue weighted by Gasteiger charge is -2.14. The average Bonchev–Trinajstić information content (AvgIpc) is 2.75. The van der Waals surface area contributed by atoms with Gasteiger partial charge in [-0.25, -0.2) is 0 Å². The molecule has 0 radical (unpaired) electrons. The lowest BCUT2D eigenvalue weighted by Crippen LogP contribution is -2.13. The Hall–Kier alpha value is -1.58. The third-order valence-corrected chi connectivity index (χ3v) is 4.47. The quantitative estimate of drug-likeness (QED) is 0.697. The van der Waals surface area contributed by atoms with Crippen molar-refractivity contribution in [3.8, 4) is 0 Å². The van der Waals surface area contributed by atoms with E-state index < -0.39 is 0 Å². The van der Waals surface area contributed by atoms with Crippen molar-refractivity contribution in [1.82, 2.24) is 0 Å². The van der Waals surface area contributed by atoms with Crippen LogP contribution in [0.5, 0.6) is 0 Å². The molecule has 0 fully saturated rings. The van der Waals surface area contributed by atoms with Crippen LogP contribution in [-0.2, 0) is 0 Å². The minimum atomic E-state index is -0.239. The maximum atomic E-state index is 6.46. The summed E-state index contributed by atoms with van der Waals surface area (Å²) in [5.74, 6) is 0.843. The van der Waals surface area contributed by atoms with Crippen molar-refractivity contribution in [2.45, 2.75) is 26.8 Å². The summed E-state index contributed by atoms with van der Waals surface area (Å²) >= 11 is 3.48. The highest BCUT2D eigenvalue weighted by Crippen LogP contribution is 2.33. The number of hydrogen-bond donors (Lipinski definition) is 1. The summed E-state index contributed by atoms with van der Waals surface area (Å²) in [6.07, 6.45) is 0. The normalized spacial score (nSPS) is 12.8. The number of hydrogen-bond acceptors (Lipinski definition) is 2. The third kappa shape index (κ3) is 2.52. The summed E-state index contributed by atoms with van der Waals surface area (Å²) in [5, 5.41) is 1.12. The van der Waals surface area contributed by atoms with Crippen LogP contribution in [0.25, 0.3) is 11.0 Å². The molecule has 3 rings (SSSR count). The first kappa shape index (κ1) is 14.4. The minimum Gasteiger partial charge on any atom is -0.459 e. The molecule has 1 unspecified atom stereocenters. The van der Waals surface area contributed by atoms with Gasteiger partial charge < -0.3 is 10.2 Å². The monoisotopic (exact) mass is 343 g/mol. The van der Waals surface area contributed by atoms with Gasteiger partial charge in [-0.05, 0) is 50.1 Å². The van der Waals surface area contributed by atoms with E-state index in [1.807, 2.05) is 12.1 Å². The zero-order chi connectivity index (χ0) is 15.1. The largest absolute Gasteiger partial charge is 0.459 e. The fourth-order valence-corrected chi connectivity index (χ4v) is 3.17. The SMILES string of the molecule is Cc1ccc(C(N)c2oc3cc(Br)ccc3c2C)c(C)c1. The Balaban J connectivity index is 2.13. The van der Waals surface area contributed by atoms with Crippen molar-refractivity contribution in [2.24, 2.45) is 5.73 Å². The molecule has 0 aliphatic carbocycles. The molecule has 0 saturated carbocycles. The van der Waals surface area contributed by atoms with Crippen molar-refractivity contribution in [2.75, 3.05) is 0 Å². The van der Waals surface area contributed by atoms with Crippen molar-refractivity contribution in [3.05, 3.63) is 68.9 Å². The van der Waals surface area contributed by atoms with Gasteiger partial charge in [0, 0.05) is 15.4 Å². The van der Waals surface area contributed by atoms with Crippen LogP contribution in [-0.4, -0.2) is 0 Å². The zero-order valence-corrected chi connectivity index (χ0v) is 14.0. The molecule has 0 saturated heterocycles. The Bertz CT molecular complexity index is 819. The number of nitrogens with two attached hydrogens (primary N) is 1. The fourth-order valence-electron chi connectivity index (χ4n) is 2.83. The minimum absolute atomic E-state index is 0.239. The van der Waals surface area contributed by atoms with Crippen LogP contribution in [0.2, 0.25) is 0 Å². The van der Waals surface area contributed by atoms with Gasteiger partial charge in [-0.15, -0.1) is 0 Å². The van der Waals surface area contributed by atoms with Crippen molar-refractivity contribution < 1.29 is 4.42 Å².